The van der Waals surface area contributed by atoms with Gasteiger partial charge in [0.05, 0.1) is 0 Å². The van der Waals surface area contributed by atoms with Crippen molar-refractivity contribution in [2.24, 2.45) is 4.65 Å². The van der Waals surface area contributed by atoms with Gasteiger partial charge in [0.1, 0.15) is 0 Å². The van der Waals surface area contributed by atoms with Crippen LogP contribution >= 0.6 is 0 Å². The minimum absolute atomic E-state index is 1.27. The SMILES string of the molecule is CC[As](N)(CC)(CC)CC. The molecule has 64 valence electrons. The predicted molar refractivity (Wildman–Crippen MR) is 51.9 cm³/mol. The van der Waals surface area contributed by atoms with Crippen molar-refractivity contribution in [1.82, 2.24) is 0 Å². The molecule has 0 spiro atoms. The van der Waals surface area contributed by atoms with Gasteiger partial charge in [-0.3, -0.25) is 0 Å². The van der Waals surface area contributed by atoms with E-state index >= 15 is 0 Å². The van der Waals surface area contributed by atoms with Crippen LogP contribution in [0.3, 0.4) is 0 Å². The molecule has 0 amide bonds. The van der Waals surface area contributed by atoms with E-state index in [1.165, 1.54) is 20.8 Å². The van der Waals surface area contributed by atoms with Gasteiger partial charge in [0.15, 0.2) is 0 Å². The molecular weight excluding hydrogens is 185 g/mol. The van der Waals surface area contributed by atoms with Crippen LogP contribution in [0.25, 0.3) is 0 Å². The van der Waals surface area contributed by atoms with Crippen LogP contribution in [0.15, 0.2) is 0 Å². The molecule has 0 aromatic carbocycles. The molecule has 10 heavy (non-hydrogen) atoms. The van der Waals surface area contributed by atoms with E-state index in [2.05, 4.69) is 27.7 Å². The molecule has 2 N–H and O–H groups in total. The zero-order valence-electron chi connectivity index (χ0n) is 7.85. The van der Waals surface area contributed by atoms with E-state index in [0.29, 0.717) is 0 Å². The molecule has 1 nitrogen and oxygen atoms in total. The summed E-state index contributed by atoms with van der Waals surface area (Å²) in [5.74, 6) is 0. The molecule has 0 aliphatic rings. The van der Waals surface area contributed by atoms with Gasteiger partial charge >= 0.3 is 65.9 Å². The first-order chi connectivity index (χ1) is 4.54. The van der Waals surface area contributed by atoms with E-state index in [4.69, 9.17) is 4.65 Å². The van der Waals surface area contributed by atoms with Crippen LogP contribution in [-0.2, 0) is 0 Å². The molecule has 0 aromatic heterocycles. The Labute approximate surface area is 66.2 Å². The fourth-order valence-electron chi connectivity index (χ4n) is 1.34. The van der Waals surface area contributed by atoms with Gasteiger partial charge < -0.3 is 0 Å². The van der Waals surface area contributed by atoms with Crippen LogP contribution in [0.1, 0.15) is 27.7 Å². The van der Waals surface area contributed by atoms with E-state index < -0.39 is 12.7 Å². The Hall–Kier alpha value is 0.518. The Kier molecular flexibility index (Phi) is 3.45. The molecule has 0 unspecified atom stereocenters. The first-order valence-corrected chi connectivity index (χ1v) is 10.7. The molecule has 2 heteroatoms. The summed E-state index contributed by atoms with van der Waals surface area (Å²) in [6.07, 6.45) is 0. The average Bonchev–Trinajstić information content (AvgIpc) is 2.04. The summed E-state index contributed by atoms with van der Waals surface area (Å²) < 4.78 is 6.50. The third kappa shape index (κ3) is 1.76. The Morgan fingerprint density at radius 2 is 1.00 bits per heavy atom. The van der Waals surface area contributed by atoms with Crippen molar-refractivity contribution < 1.29 is 0 Å². The van der Waals surface area contributed by atoms with Gasteiger partial charge in [-0.15, -0.1) is 0 Å². The molecular formula is C8H22AsN. The van der Waals surface area contributed by atoms with Gasteiger partial charge in [0.2, 0.25) is 0 Å². The van der Waals surface area contributed by atoms with Crippen molar-refractivity contribution in [3.05, 3.63) is 0 Å². The van der Waals surface area contributed by atoms with Gasteiger partial charge in [0, 0.05) is 0 Å². The van der Waals surface area contributed by atoms with Crippen LogP contribution in [0.5, 0.6) is 0 Å². The maximum atomic E-state index is 6.50. The molecule has 0 saturated carbocycles. The van der Waals surface area contributed by atoms with Crippen LogP contribution in [-0.4, -0.2) is 12.7 Å². The Morgan fingerprint density at radius 1 is 0.800 bits per heavy atom. The number of rotatable bonds is 4. The quantitative estimate of drug-likeness (QED) is 0.705. The van der Waals surface area contributed by atoms with E-state index in [1.807, 2.05) is 0 Å². The fourth-order valence-corrected chi connectivity index (χ4v) is 6.97. The second kappa shape index (κ2) is 3.28. The Morgan fingerprint density at radius 3 is 1.00 bits per heavy atom. The molecule has 0 atom stereocenters. The zero-order chi connectivity index (χ0) is 8.28. The standard InChI is InChI=1S/C8H22AsN/c1-5-9(10,6-2,7-3)8-4/h5-8,10H2,1-4H3. The molecule has 0 heterocycles. The Balaban J connectivity index is 4.42. The number of nitrogens with two attached hydrogens (primary N) is 1. The van der Waals surface area contributed by atoms with Crippen LogP contribution in [0.4, 0.5) is 0 Å². The van der Waals surface area contributed by atoms with Gasteiger partial charge in [-0.2, -0.15) is 0 Å². The molecule has 0 fully saturated rings. The van der Waals surface area contributed by atoms with Crippen molar-refractivity contribution in [2.45, 2.75) is 48.5 Å². The molecule has 0 bridgehead atoms. The molecule has 0 aromatic rings. The molecule has 0 rings (SSSR count). The van der Waals surface area contributed by atoms with E-state index in [0.717, 1.165) is 0 Å². The summed E-state index contributed by atoms with van der Waals surface area (Å²) in [5, 5.41) is 5.06. The normalized spacial score (nSPS) is 16.3. The van der Waals surface area contributed by atoms with Crippen molar-refractivity contribution in [3.8, 4) is 0 Å². The second-order valence-corrected chi connectivity index (χ2v) is 17.3. The molecule has 0 aliphatic heterocycles. The zero-order valence-corrected chi connectivity index (χ0v) is 9.73. The summed E-state index contributed by atoms with van der Waals surface area (Å²) in [7, 11) is 0. The Bertz CT molecular complexity index is 84.3. The summed E-state index contributed by atoms with van der Waals surface area (Å²) in [6, 6.07) is 0. The van der Waals surface area contributed by atoms with Gasteiger partial charge in [-0.1, -0.05) is 0 Å². The fraction of sp³-hybridized carbons (Fsp3) is 1.00. The second-order valence-electron chi connectivity index (χ2n) is 3.34. The summed E-state index contributed by atoms with van der Waals surface area (Å²) in [6.45, 7) is 9.06. The summed E-state index contributed by atoms with van der Waals surface area (Å²) >= 11 is -2.18. The van der Waals surface area contributed by atoms with Crippen LogP contribution in [0.2, 0.25) is 20.8 Å². The van der Waals surface area contributed by atoms with Gasteiger partial charge in [-0.25, -0.2) is 0 Å². The topological polar surface area (TPSA) is 26.0 Å². The van der Waals surface area contributed by atoms with Crippen molar-refractivity contribution in [2.75, 3.05) is 0 Å². The monoisotopic (exact) mass is 207 g/mol. The molecule has 0 saturated heterocycles. The number of hydrogen-bond acceptors (Lipinski definition) is 1. The maximum absolute atomic E-state index is 6.50. The van der Waals surface area contributed by atoms with Crippen LogP contribution < -0.4 is 4.65 Å². The molecule has 0 aliphatic carbocycles. The van der Waals surface area contributed by atoms with E-state index in [-0.39, 0.29) is 0 Å². The van der Waals surface area contributed by atoms with Gasteiger partial charge in [0.25, 0.3) is 0 Å². The summed E-state index contributed by atoms with van der Waals surface area (Å²) in [5.41, 5.74) is 0. The first-order valence-electron chi connectivity index (χ1n) is 4.35. The minimum atomic E-state index is -2.18. The number of hydrogen-bond donors (Lipinski definition) is 1. The van der Waals surface area contributed by atoms with Crippen molar-refractivity contribution in [3.63, 3.8) is 0 Å². The predicted octanol–water partition coefficient (Wildman–Crippen LogP) is 2.92. The van der Waals surface area contributed by atoms with Crippen LogP contribution in [0, 0.1) is 0 Å². The molecule has 0 radical (unpaired) electrons. The third-order valence-electron chi connectivity index (χ3n) is 3.41. The van der Waals surface area contributed by atoms with E-state index in [9.17, 15) is 0 Å². The first kappa shape index (κ1) is 10.5. The third-order valence-corrected chi connectivity index (χ3v) is 17.7. The average molecular weight is 207 g/mol. The summed E-state index contributed by atoms with van der Waals surface area (Å²) in [4.78, 5) is 0. The van der Waals surface area contributed by atoms with Crippen molar-refractivity contribution >= 4 is 12.7 Å². The van der Waals surface area contributed by atoms with Gasteiger partial charge in [-0.05, 0) is 0 Å². The van der Waals surface area contributed by atoms with Crippen molar-refractivity contribution in [1.29, 1.82) is 0 Å². The van der Waals surface area contributed by atoms with E-state index in [1.54, 1.807) is 0 Å².